The molecule has 71 heavy (non-hydrogen) atoms. The van der Waals surface area contributed by atoms with Crippen LogP contribution in [-0.2, 0) is 0 Å². The van der Waals surface area contributed by atoms with Crippen LogP contribution in [0.4, 0.5) is 0 Å². The van der Waals surface area contributed by atoms with E-state index in [9.17, 15) is 0 Å². The Hall–Kier alpha value is -8.76. The van der Waals surface area contributed by atoms with E-state index in [-0.39, 0.29) is 11.8 Å². The van der Waals surface area contributed by atoms with Gasteiger partial charge in [-0.25, -0.2) is 0 Å². The number of hydrogen-bond donors (Lipinski definition) is 0. The van der Waals surface area contributed by atoms with Gasteiger partial charge in [0.1, 0.15) is 0 Å². The summed E-state index contributed by atoms with van der Waals surface area (Å²) in [6.45, 7) is 0. The Bertz CT molecular complexity index is 4130. The van der Waals surface area contributed by atoms with Crippen LogP contribution in [0.15, 0.2) is 267 Å². The molecule has 0 amide bonds. The maximum Gasteiger partial charge on any atom is 0.179 e. The molecule has 2 aromatic heterocycles. The van der Waals surface area contributed by atoms with Crippen molar-refractivity contribution in [1.29, 1.82) is 0 Å². The highest BCUT2D eigenvalue weighted by atomic mass is 28.3. The molecule has 0 radical (unpaired) electrons. The van der Waals surface area contributed by atoms with Gasteiger partial charge in [-0.1, -0.05) is 218 Å². The van der Waals surface area contributed by atoms with Gasteiger partial charge >= 0.3 is 0 Å². The molecule has 2 nitrogen and oxygen atoms in total. The first kappa shape index (κ1) is 40.2. The SMILES string of the molecule is c1ccc(-n2c3ccccc3c3c4c(ccc32)C2c3ccccc3C4c3c2ccc2c3c3ccccc3n2-c2cccc(-c3cccc([Si](c4ccccc4)(c4ccccc4)c4ccccc4)c3)c2)cc1. The van der Waals surface area contributed by atoms with Gasteiger partial charge < -0.3 is 9.13 Å². The monoisotopic (exact) mass is 918 g/mol. The first-order chi connectivity index (χ1) is 35.3. The molecular formula is C68H46N2Si. The van der Waals surface area contributed by atoms with Crippen LogP contribution in [0.1, 0.15) is 45.2 Å². The second-order valence-corrected chi connectivity index (χ2v) is 23.2. The largest absolute Gasteiger partial charge is 0.309 e. The number of rotatable bonds is 7. The second-order valence-electron chi connectivity index (χ2n) is 19.4. The van der Waals surface area contributed by atoms with Gasteiger partial charge in [-0.05, 0) is 114 Å². The van der Waals surface area contributed by atoms with Gasteiger partial charge in [-0.15, -0.1) is 0 Å². The highest BCUT2D eigenvalue weighted by Gasteiger charge is 2.45. The number of nitrogens with zero attached hydrogens (tertiary/aromatic N) is 2. The van der Waals surface area contributed by atoms with Crippen molar-refractivity contribution in [1.82, 2.24) is 9.13 Å². The minimum Gasteiger partial charge on any atom is -0.309 e. The zero-order chi connectivity index (χ0) is 46.6. The number of benzene rings is 11. The summed E-state index contributed by atoms with van der Waals surface area (Å²) >= 11 is 0. The molecule has 16 rings (SSSR count). The quantitative estimate of drug-likeness (QED) is 0.111. The minimum atomic E-state index is -2.73. The van der Waals surface area contributed by atoms with E-state index in [2.05, 4.69) is 276 Å². The van der Waals surface area contributed by atoms with Crippen molar-refractivity contribution >= 4 is 72.4 Å². The van der Waals surface area contributed by atoms with Crippen molar-refractivity contribution in [2.75, 3.05) is 0 Å². The smallest absolute Gasteiger partial charge is 0.179 e. The van der Waals surface area contributed by atoms with Gasteiger partial charge in [-0.2, -0.15) is 0 Å². The van der Waals surface area contributed by atoms with Crippen LogP contribution in [0.5, 0.6) is 0 Å². The molecule has 0 spiro atoms. The Morgan fingerprint density at radius 2 is 0.676 bits per heavy atom. The van der Waals surface area contributed by atoms with E-state index in [1.807, 2.05) is 0 Å². The summed E-state index contributed by atoms with van der Waals surface area (Å²) in [5.41, 5.74) is 18.3. The summed E-state index contributed by atoms with van der Waals surface area (Å²) in [6, 6.07) is 100. The molecule has 3 aliphatic carbocycles. The fourth-order valence-corrected chi connectivity index (χ4v) is 18.1. The van der Waals surface area contributed by atoms with Crippen LogP contribution in [0.25, 0.3) is 66.1 Å². The molecule has 2 heterocycles. The van der Waals surface area contributed by atoms with Crippen LogP contribution in [0.2, 0.25) is 0 Å². The molecular weight excluding hydrogens is 873 g/mol. The molecule has 3 heteroatoms. The predicted octanol–water partition coefficient (Wildman–Crippen LogP) is 13.9. The lowest BCUT2D eigenvalue weighted by Gasteiger charge is -2.43. The highest BCUT2D eigenvalue weighted by Crippen LogP contribution is 2.60. The average Bonchev–Trinajstić information content (AvgIpc) is 3.98. The Balaban J connectivity index is 0.944. The van der Waals surface area contributed by atoms with Crippen LogP contribution in [0, 0.1) is 0 Å². The minimum absolute atomic E-state index is 0.0558. The lowest BCUT2D eigenvalue weighted by atomic mass is 9.59. The molecule has 3 aliphatic rings. The summed E-state index contributed by atoms with van der Waals surface area (Å²) in [7, 11) is -2.73. The van der Waals surface area contributed by atoms with Crippen LogP contribution in [-0.4, -0.2) is 17.2 Å². The maximum absolute atomic E-state index is 2.73. The zero-order valence-electron chi connectivity index (χ0n) is 39.0. The first-order valence-corrected chi connectivity index (χ1v) is 26.9. The van der Waals surface area contributed by atoms with Crippen molar-refractivity contribution in [3.05, 3.63) is 300 Å². The van der Waals surface area contributed by atoms with Crippen LogP contribution in [0.3, 0.4) is 0 Å². The molecule has 2 bridgehead atoms. The normalized spacial score (nSPS) is 14.8. The van der Waals surface area contributed by atoms with Crippen molar-refractivity contribution in [3.63, 3.8) is 0 Å². The van der Waals surface area contributed by atoms with E-state index < -0.39 is 8.07 Å². The van der Waals surface area contributed by atoms with Crippen molar-refractivity contribution in [3.8, 4) is 22.5 Å². The molecule has 11 aromatic carbocycles. The van der Waals surface area contributed by atoms with Crippen molar-refractivity contribution < 1.29 is 0 Å². The first-order valence-electron chi connectivity index (χ1n) is 24.9. The standard InChI is InChI=1S/C68H46N2Si/c1-5-23-47(24-6-1)69-59-37-17-15-35-55(59)64-61(69)41-39-57-63-53-33-13-14-34-54(53)66(67(57)64)68-58(63)40-42-62-65(68)56-36-16-18-38-60(56)70(62)48-25-19-21-45(43-48)46-22-20-32-52(44-46)71(49-26-7-2-8-27-49,50-28-9-3-10-29-50)51-30-11-4-12-31-51/h1-44,63,66H. The van der Waals surface area contributed by atoms with Crippen molar-refractivity contribution in [2.45, 2.75) is 11.8 Å². The molecule has 2 atom stereocenters. The van der Waals surface area contributed by atoms with Gasteiger partial charge in [0.2, 0.25) is 0 Å². The van der Waals surface area contributed by atoms with E-state index in [1.165, 1.54) is 115 Å². The van der Waals surface area contributed by atoms with E-state index in [0.29, 0.717) is 0 Å². The predicted molar refractivity (Wildman–Crippen MR) is 299 cm³/mol. The molecule has 13 aromatic rings. The molecule has 0 aliphatic heterocycles. The van der Waals surface area contributed by atoms with Crippen LogP contribution < -0.4 is 20.7 Å². The van der Waals surface area contributed by atoms with E-state index in [1.54, 1.807) is 0 Å². The summed E-state index contributed by atoms with van der Waals surface area (Å²) in [5, 5.41) is 10.8. The lowest BCUT2D eigenvalue weighted by Crippen LogP contribution is -2.74. The second kappa shape index (κ2) is 15.6. The Kier molecular flexibility index (Phi) is 8.84. The van der Waals surface area contributed by atoms with Crippen LogP contribution >= 0.6 is 0 Å². The summed E-state index contributed by atoms with van der Waals surface area (Å²) in [4.78, 5) is 0. The Morgan fingerprint density at radius 1 is 0.268 bits per heavy atom. The van der Waals surface area contributed by atoms with E-state index in [0.717, 1.165) is 5.69 Å². The number of para-hydroxylation sites is 3. The summed E-state index contributed by atoms with van der Waals surface area (Å²) in [6.07, 6.45) is 0. The van der Waals surface area contributed by atoms with E-state index >= 15 is 0 Å². The van der Waals surface area contributed by atoms with Gasteiger partial charge in [0.05, 0.1) is 22.1 Å². The third-order valence-corrected chi connectivity index (χ3v) is 20.8. The third-order valence-electron chi connectivity index (χ3n) is 16.0. The molecule has 2 unspecified atom stereocenters. The van der Waals surface area contributed by atoms with Gasteiger partial charge in [0.25, 0.3) is 0 Å². The highest BCUT2D eigenvalue weighted by molar-refractivity contribution is 7.19. The van der Waals surface area contributed by atoms with Gasteiger partial charge in [0.15, 0.2) is 8.07 Å². The molecule has 332 valence electrons. The maximum atomic E-state index is 2.53. The fourth-order valence-electron chi connectivity index (χ4n) is 13.3. The zero-order valence-corrected chi connectivity index (χ0v) is 40.0. The third kappa shape index (κ3) is 5.70. The average molecular weight is 919 g/mol. The summed E-state index contributed by atoms with van der Waals surface area (Å²) < 4.78 is 5.01. The number of fused-ring (bicyclic) bond motifs is 6. The van der Waals surface area contributed by atoms with Crippen molar-refractivity contribution in [2.24, 2.45) is 0 Å². The fraction of sp³-hybridized carbons (Fsp3) is 0.0294. The van der Waals surface area contributed by atoms with Gasteiger partial charge in [0, 0.05) is 44.8 Å². The molecule has 0 fully saturated rings. The Labute approximate surface area is 414 Å². The molecule has 0 N–H and O–H groups in total. The molecule has 0 saturated heterocycles. The summed E-state index contributed by atoms with van der Waals surface area (Å²) in [5.74, 6) is 0.185. The van der Waals surface area contributed by atoms with E-state index in [4.69, 9.17) is 0 Å². The van der Waals surface area contributed by atoms with Gasteiger partial charge in [-0.3, -0.25) is 0 Å². The lowest BCUT2D eigenvalue weighted by molar-refractivity contribution is 0.768. The number of aromatic nitrogens is 2. The topological polar surface area (TPSA) is 9.86 Å². The Morgan fingerprint density at radius 3 is 1.23 bits per heavy atom. The number of hydrogen-bond acceptors (Lipinski definition) is 0. The molecule has 0 saturated carbocycles.